The normalized spacial score (nSPS) is 25.3. The van der Waals surface area contributed by atoms with E-state index in [0.29, 0.717) is 56.4 Å². The van der Waals surface area contributed by atoms with Gasteiger partial charge in [0, 0.05) is 24.7 Å². The molecule has 6 atom stereocenters. The molecule has 0 saturated heterocycles. The molecule has 61 heavy (non-hydrogen) atoms. The van der Waals surface area contributed by atoms with Crippen molar-refractivity contribution in [3.05, 3.63) is 130 Å². The van der Waals surface area contributed by atoms with Crippen molar-refractivity contribution in [2.45, 2.75) is 94.7 Å². The molecule has 3 N–H and O–H groups in total. The second kappa shape index (κ2) is 16.1. The van der Waals surface area contributed by atoms with Gasteiger partial charge in [0.2, 0.25) is 0 Å². The van der Waals surface area contributed by atoms with Gasteiger partial charge in [-0.1, -0.05) is 79.6 Å². The van der Waals surface area contributed by atoms with Crippen LogP contribution in [0, 0.1) is 17.3 Å². The molecule has 0 heterocycles. The highest BCUT2D eigenvalue weighted by atomic mass is 16.6. The van der Waals surface area contributed by atoms with Gasteiger partial charge < -0.3 is 34.3 Å². The van der Waals surface area contributed by atoms with Gasteiger partial charge in [0.1, 0.15) is 18.0 Å². The van der Waals surface area contributed by atoms with E-state index >= 15 is 4.79 Å². The van der Waals surface area contributed by atoms with E-state index in [9.17, 15) is 20.1 Å². The molecule has 4 aliphatic rings. The molecule has 2 saturated carbocycles. The molecular formula is C52H54O9. The summed E-state index contributed by atoms with van der Waals surface area (Å²) in [5.41, 5.74) is 4.64. The topological polar surface area (TPSA) is 132 Å². The number of aromatic hydroxyl groups is 3. The fourth-order valence-corrected chi connectivity index (χ4v) is 11.7. The van der Waals surface area contributed by atoms with Gasteiger partial charge in [-0.05, 0) is 137 Å². The number of phenolic OH excluding ortho intramolecular Hbond substituents is 3. The van der Waals surface area contributed by atoms with Gasteiger partial charge >= 0.3 is 11.9 Å². The Morgan fingerprint density at radius 2 is 1.44 bits per heavy atom. The molecule has 9 rings (SSSR count). The summed E-state index contributed by atoms with van der Waals surface area (Å²) in [7, 11) is 3.10. The van der Waals surface area contributed by atoms with Crippen LogP contribution in [0.15, 0.2) is 97.1 Å². The SMILES string of the molecule is COc1cc2c(cc1O)CC1(C=Cc3ccccc3)C(C2)C(OC(C)=O)CC(OC(=O)C2(c3ccc4cc(O)ccc4c3)CCCC2)CC2c3cc(OC)c(O)cc3CCC21. The van der Waals surface area contributed by atoms with E-state index in [4.69, 9.17) is 18.9 Å². The van der Waals surface area contributed by atoms with E-state index < -0.39 is 29.0 Å². The molecule has 0 spiro atoms. The number of carbonyl (C=O) groups excluding carboxylic acids is 2. The van der Waals surface area contributed by atoms with E-state index in [0.717, 1.165) is 63.4 Å². The molecule has 9 heteroatoms. The van der Waals surface area contributed by atoms with Crippen molar-refractivity contribution in [2.24, 2.45) is 17.3 Å². The summed E-state index contributed by atoms with van der Waals surface area (Å²) < 4.78 is 24.7. The lowest BCUT2D eigenvalue weighted by molar-refractivity contribution is -0.168. The zero-order valence-electron chi connectivity index (χ0n) is 35.1. The molecule has 2 fully saturated rings. The number of carbonyl (C=O) groups is 2. The summed E-state index contributed by atoms with van der Waals surface area (Å²) in [4.78, 5) is 28.4. The number of fused-ring (bicyclic) bond motifs is 7. The summed E-state index contributed by atoms with van der Waals surface area (Å²) >= 11 is 0. The van der Waals surface area contributed by atoms with Crippen LogP contribution in [-0.4, -0.2) is 53.7 Å². The highest BCUT2D eigenvalue weighted by Gasteiger charge is 2.56. The Labute approximate surface area is 356 Å². The molecule has 316 valence electrons. The molecule has 9 nitrogen and oxygen atoms in total. The lowest BCUT2D eigenvalue weighted by Crippen LogP contribution is -2.54. The molecule has 5 aromatic carbocycles. The van der Waals surface area contributed by atoms with Gasteiger partial charge in [-0.15, -0.1) is 0 Å². The van der Waals surface area contributed by atoms with Gasteiger partial charge in [-0.3, -0.25) is 9.59 Å². The predicted molar refractivity (Wildman–Crippen MR) is 233 cm³/mol. The number of rotatable bonds is 8. The highest BCUT2D eigenvalue weighted by molar-refractivity contribution is 5.89. The number of ether oxygens (including phenoxy) is 4. The predicted octanol–water partition coefficient (Wildman–Crippen LogP) is 9.88. The van der Waals surface area contributed by atoms with Crippen molar-refractivity contribution in [1.82, 2.24) is 0 Å². The minimum absolute atomic E-state index is 0.0338. The van der Waals surface area contributed by atoms with E-state index in [1.165, 1.54) is 6.92 Å². The maximum atomic E-state index is 15.1. The van der Waals surface area contributed by atoms with Crippen molar-refractivity contribution in [3.8, 4) is 28.7 Å². The van der Waals surface area contributed by atoms with Crippen LogP contribution in [0.1, 0.15) is 91.2 Å². The second-order valence-corrected chi connectivity index (χ2v) is 17.8. The Bertz CT molecular complexity index is 2500. The van der Waals surface area contributed by atoms with E-state index in [-0.39, 0.29) is 41.0 Å². The summed E-state index contributed by atoms with van der Waals surface area (Å²) in [5.74, 6) is 0.0431. The Kier molecular flexibility index (Phi) is 10.7. The van der Waals surface area contributed by atoms with Crippen LogP contribution in [-0.2, 0) is 43.7 Å². The van der Waals surface area contributed by atoms with Crippen molar-refractivity contribution in [1.29, 1.82) is 0 Å². The molecule has 0 bridgehead atoms. The van der Waals surface area contributed by atoms with Gasteiger partial charge in [0.15, 0.2) is 23.0 Å². The monoisotopic (exact) mass is 822 g/mol. The molecular weight excluding hydrogens is 769 g/mol. The summed E-state index contributed by atoms with van der Waals surface area (Å²) in [5, 5.41) is 34.1. The number of methoxy groups -OCH3 is 2. The molecule has 0 aliphatic heterocycles. The highest BCUT2D eigenvalue weighted by Crippen LogP contribution is 2.60. The number of allylic oxidation sites excluding steroid dienone is 1. The Morgan fingerprint density at radius 3 is 2.18 bits per heavy atom. The van der Waals surface area contributed by atoms with Gasteiger partial charge in [0.25, 0.3) is 0 Å². The quantitative estimate of drug-likeness (QED) is 0.131. The van der Waals surface area contributed by atoms with Crippen LogP contribution in [0.5, 0.6) is 28.7 Å². The standard InChI is InChI=1S/C52H54O9/c1-31(53)60-47-28-40(61-50(57)51(18-7-8-19-51)38-14-11-34-22-39(54)15-12-33(34)21-38)27-42-41-29-49(59-3)45(55)24-35(41)13-16-43(42)52(20-17-32-9-5-4-6-10-32)30-37-25-46(56)48(58-2)26-36(37)23-44(47)52/h4-6,9-12,14-15,17,20-22,24-26,29,40,42-44,47,54-56H,7-8,13,16,18-19,23,27-28,30H2,1-3H3. The van der Waals surface area contributed by atoms with E-state index in [1.54, 1.807) is 26.4 Å². The number of phenols is 3. The first-order chi connectivity index (χ1) is 29.5. The van der Waals surface area contributed by atoms with Crippen molar-refractivity contribution < 1.29 is 43.9 Å². The fourth-order valence-electron chi connectivity index (χ4n) is 11.7. The number of esters is 2. The van der Waals surface area contributed by atoms with Gasteiger partial charge in [-0.2, -0.15) is 0 Å². The molecule has 0 amide bonds. The van der Waals surface area contributed by atoms with Crippen molar-refractivity contribution in [3.63, 3.8) is 0 Å². The zero-order valence-corrected chi connectivity index (χ0v) is 35.1. The first-order valence-electron chi connectivity index (χ1n) is 21.6. The first-order valence-corrected chi connectivity index (χ1v) is 21.6. The van der Waals surface area contributed by atoms with E-state index in [1.807, 2.05) is 60.7 Å². The minimum atomic E-state index is -0.852. The average Bonchev–Trinajstić information content (AvgIpc) is 3.76. The van der Waals surface area contributed by atoms with Crippen LogP contribution in [0.4, 0.5) is 0 Å². The van der Waals surface area contributed by atoms with Crippen LogP contribution < -0.4 is 9.47 Å². The number of hydrogen-bond donors (Lipinski definition) is 3. The van der Waals surface area contributed by atoms with Gasteiger partial charge in [-0.25, -0.2) is 0 Å². The molecule has 5 aromatic rings. The van der Waals surface area contributed by atoms with Crippen LogP contribution in [0.2, 0.25) is 0 Å². The third-order valence-corrected chi connectivity index (χ3v) is 14.5. The largest absolute Gasteiger partial charge is 0.508 e. The Balaban J connectivity index is 1.20. The lowest BCUT2D eigenvalue weighted by Gasteiger charge is -2.56. The lowest BCUT2D eigenvalue weighted by atomic mass is 9.49. The van der Waals surface area contributed by atoms with Crippen LogP contribution >= 0.6 is 0 Å². The summed E-state index contributed by atoms with van der Waals surface area (Å²) in [6.07, 6.45) is 9.73. The number of aryl methyl sites for hydroxylation is 1. The molecule has 4 aliphatic carbocycles. The molecule has 0 radical (unpaired) electrons. The van der Waals surface area contributed by atoms with Crippen molar-refractivity contribution >= 4 is 28.8 Å². The third kappa shape index (κ3) is 7.36. The first kappa shape index (κ1) is 40.4. The zero-order chi connectivity index (χ0) is 42.5. The van der Waals surface area contributed by atoms with E-state index in [2.05, 4.69) is 30.4 Å². The number of benzene rings is 5. The van der Waals surface area contributed by atoms with Gasteiger partial charge in [0.05, 0.1) is 19.6 Å². The van der Waals surface area contributed by atoms with Crippen LogP contribution in [0.3, 0.4) is 0 Å². The number of hydrogen-bond acceptors (Lipinski definition) is 9. The fraction of sp³-hybridized carbons (Fsp3) is 0.385. The minimum Gasteiger partial charge on any atom is -0.508 e. The second-order valence-electron chi connectivity index (χ2n) is 17.8. The summed E-state index contributed by atoms with van der Waals surface area (Å²) in [6, 6.07) is 29.0. The maximum absolute atomic E-state index is 15.1. The Morgan fingerprint density at radius 1 is 0.738 bits per heavy atom. The third-order valence-electron chi connectivity index (χ3n) is 14.5. The molecule has 0 aromatic heterocycles. The average molecular weight is 823 g/mol. The van der Waals surface area contributed by atoms with Crippen molar-refractivity contribution in [2.75, 3.05) is 14.2 Å². The molecule has 6 unspecified atom stereocenters. The Hall–Kier alpha value is -5.96. The smallest absolute Gasteiger partial charge is 0.316 e. The maximum Gasteiger partial charge on any atom is 0.316 e. The summed E-state index contributed by atoms with van der Waals surface area (Å²) in [6.45, 7) is 1.45. The van der Waals surface area contributed by atoms with Crippen LogP contribution in [0.25, 0.3) is 16.8 Å².